The van der Waals surface area contributed by atoms with Gasteiger partial charge in [-0.1, -0.05) is 63.6 Å². The van der Waals surface area contributed by atoms with E-state index in [1.54, 1.807) is 36.4 Å². The first-order valence-electron chi connectivity index (χ1n) is 13.6. The molecule has 1 fully saturated rings. The number of piperidine rings is 1. The van der Waals surface area contributed by atoms with E-state index < -0.39 is 0 Å². The number of aromatic nitrogens is 6. The van der Waals surface area contributed by atoms with Crippen molar-refractivity contribution in [3.8, 4) is 11.3 Å². The molecule has 0 unspecified atom stereocenters. The molecule has 2 aromatic heterocycles. The summed E-state index contributed by atoms with van der Waals surface area (Å²) < 4.78 is 1.97. The van der Waals surface area contributed by atoms with E-state index in [1.165, 1.54) is 0 Å². The van der Waals surface area contributed by atoms with Gasteiger partial charge in [0.05, 0.1) is 12.2 Å². The third-order valence-electron chi connectivity index (χ3n) is 7.40. The number of carbonyl (C=O) groups is 2. The highest BCUT2D eigenvalue weighted by atomic mass is 35.5. The SMILES string of the molecule is O=C(Nc1nn[nH]n1)c1ccc(Cn2nc(-c3cc(Cl)cc(Cl)c3)cc2C2CCN(C(=O)c3cc(Cl)cc(Cl)c3)CC2)cc1. The van der Waals surface area contributed by atoms with Crippen molar-refractivity contribution >= 4 is 64.2 Å². The fraction of sp³-hybridized carbons (Fsp3) is 0.200. The molecule has 1 aliphatic rings. The second-order valence-electron chi connectivity index (χ2n) is 10.4. The van der Waals surface area contributed by atoms with Gasteiger partial charge in [-0.05, 0) is 78.2 Å². The van der Waals surface area contributed by atoms with E-state index in [0.717, 1.165) is 35.4 Å². The number of hydrogen-bond acceptors (Lipinski definition) is 6. The summed E-state index contributed by atoms with van der Waals surface area (Å²) in [4.78, 5) is 27.6. The molecule has 44 heavy (non-hydrogen) atoms. The number of nitrogens with one attached hydrogen (secondary N) is 2. The Kier molecular flexibility index (Phi) is 8.86. The monoisotopic (exact) mass is 668 g/mol. The molecule has 1 saturated heterocycles. The Morgan fingerprint density at radius 3 is 2.09 bits per heavy atom. The number of likely N-dealkylation sites (tertiary alicyclic amines) is 1. The van der Waals surface area contributed by atoms with E-state index in [4.69, 9.17) is 51.5 Å². The molecule has 1 aliphatic heterocycles. The lowest BCUT2D eigenvalue weighted by atomic mass is 9.92. The first-order chi connectivity index (χ1) is 21.2. The molecule has 224 valence electrons. The summed E-state index contributed by atoms with van der Waals surface area (Å²) in [5, 5.41) is 22.6. The molecular weight excluding hydrogens is 646 g/mol. The molecule has 2 amide bonds. The molecule has 0 bridgehead atoms. The second-order valence-corrected chi connectivity index (χ2v) is 12.1. The fourth-order valence-corrected chi connectivity index (χ4v) is 6.34. The average molecular weight is 670 g/mol. The van der Waals surface area contributed by atoms with Crippen molar-refractivity contribution in [2.75, 3.05) is 18.4 Å². The fourth-order valence-electron chi connectivity index (χ4n) is 5.29. The molecule has 0 aliphatic carbocycles. The predicted molar refractivity (Wildman–Crippen MR) is 170 cm³/mol. The van der Waals surface area contributed by atoms with Crippen molar-refractivity contribution in [1.82, 2.24) is 35.3 Å². The highest BCUT2D eigenvalue weighted by Gasteiger charge is 2.28. The van der Waals surface area contributed by atoms with E-state index in [0.29, 0.717) is 50.9 Å². The van der Waals surface area contributed by atoms with Crippen molar-refractivity contribution in [2.24, 2.45) is 0 Å². The van der Waals surface area contributed by atoms with Gasteiger partial charge < -0.3 is 4.90 Å². The van der Waals surface area contributed by atoms with Crippen LogP contribution in [0.2, 0.25) is 20.1 Å². The number of H-pyrrole nitrogens is 1. The van der Waals surface area contributed by atoms with Crippen LogP contribution in [0.4, 0.5) is 5.95 Å². The summed E-state index contributed by atoms with van der Waals surface area (Å²) in [5.41, 5.74) is 4.46. The minimum Gasteiger partial charge on any atom is -0.339 e. The van der Waals surface area contributed by atoms with Crippen molar-refractivity contribution in [2.45, 2.75) is 25.3 Å². The molecule has 0 saturated carbocycles. The van der Waals surface area contributed by atoms with E-state index in [1.807, 2.05) is 33.8 Å². The van der Waals surface area contributed by atoms with E-state index in [9.17, 15) is 9.59 Å². The Morgan fingerprint density at radius 1 is 0.841 bits per heavy atom. The van der Waals surface area contributed by atoms with Crippen LogP contribution in [0.3, 0.4) is 0 Å². The predicted octanol–water partition coefficient (Wildman–Crippen LogP) is 7.00. The van der Waals surface area contributed by atoms with Crippen LogP contribution >= 0.6 is 46.4 Å². The van der Waals surface area contributed by atoms with Gasteiger partial charge in [0.25, 0.3) is 17.8 Å². The number of tetrazole rings is 1. The van der Waals surface area contributed by atoms with Crippen molar-refractivity contribution in [3.63, 3.8) is 0 Å². The number of hydrogen-bond donors (Lipinski definition) is 2. The van der Waals surface area contributed by atoms with Crippen molar-refractivity contribution in [3.05, 3.63) is 109 Å². The number of benzene rings is 3. The third kappa shape index (κ3) is 6.89. The summed E-state index contributed by atoms with van der Waals surface area (Å²) in [7, 11) is 0. The molecule has 0 atom stereocenters. The topological polar surface area (TPSA) is 122 Å². The van der Waals surface area contributed by atoms with Crippen LogP contribution in [0.15, 0.2) is 66.7 Å². The quantitative estimate of drug-likeness (QED) is 0.193. The van der Waals surface area contributed by atoms with Gasteiger partial charge in [0.1, 0.15) is 0 Å². The van der Waals surface area contributed by atoms with Crippen LogP contribution in [0.5, 0.6) is 0 Å². The van der Waals surface area contributed by atoms with Gasteiger partial charge >= 0.3 is 0 Å². The summed E-state index contributed by atoms with van der Waals surface area (Å²) in [6.07, 6.45) is 1.49. The maximum atomic E-state index is 13.2. The number of carbonyl (C=O) groups excluding carboxylic acids is 2. The molecule has 3 heterocycles. The van der Waals surface area contributed by atoms with Gasteiger partial charge in [0.15, 0.2) is 0 Å². The standard InChI is InChI=1S/C30H24Cl4N8O2/c31-22-9-20(10-23(32)13-22)26-15-27(18-5-7-41(8-6-18)29(44)21-11-24(33)14-25(34)12-21)42(38-26)16-17-1-3-19(4-2-17)28(43)35-30-36-39-40-37-30/h1-4,9-15,18H,5-8,16H2,(H2,35,36,37,39,40,43). The smallest absolute Gasteiger partial charge is 0.270 e. The Labute approximate surface area is 272 Å². The Balaban J connectivity index is 1.23. The Bertz CT molecular complexity index is 1780. The van der Waals surface area contributed by atoms with Crippen LogP contribution in [0.25, 0.3) is 11.3 Å². The first-order valence-corrected chi connectivity index (χ1v) is 15.2. The zero-order valence-corrected chi connectivity index (χ0v) is 26.0. The minimum absolute atomic E-state index is 0.0954. The highest BCUT2D eigenvalue weighted by Crippen LogP contribution is 2.34. The Morgan fingerprint density at radius 2 is 1.48 bits per heavy atom. The number of rotatable bonds is 7. The molecule has 0 spiro atoms. The molecular formula is C30H24Cl4N8O2. The maximum absolute atomic E-state index is 13.2. The molecule has 10 nitrogen and oxygen atoms in total. The lowest BCUT2D eigenvalue weighted by Crippen LogP contribution is -2.38. The molecule has 14 heteroatoms. The number of anilines is 1. The summed E-state index contributed by atoms with van der Waals surface area (Å²) in [5.74, 6) is -0.200. The summed E-state index contributed by atoms with van der Waals surface area (Å²) >= 11 is 24.9. The zero-order valence-electron chi connectivity index (χ0n) is 23.0. The second kappa shape index (κ2) is 13.0. The van der Waals surface area contributed by atoms with Crippen LogP contribution in [0.1, 0.15) is 50.7 Å². The first kappa shape index (κ1) is 30.1. The lowest BCUT2D eigenvalue weighted by molar-refractivity contribution is 0.0711. The molecule has 5 aromatic rings. The number of aromatic amines is 1. The van der Waals surface area contributed by atoms with Crippen LogP contribution in [0, 0.1) is 0 Å². The summed E-state index contributed by atoms with van der Waals surface area (Å²) in [6.45, 7) is 1.61. The van der Waals surface area contributed by atoms with Gasteiger partial charge in [-0.25, -0.2) is 0 Å². The minimum atomic E-state index is -0.348. The number of amides is 2. The maximum Gasteiger partial charge on any atom is 0.270 e. The molecule has 0 radical (unpaired) electrons. The molecule has 6 rings (SSSR count). The Hall–Kier alpha value is -3.96. The molecule has 3 aromatic carbocycles. The average Bonchev–Trinajstić information content (AvgIpc) is 3.66. The van der Waals surface area contributed by atoms with Crippen molar-refractivity contribution < 1.29 is 9.59 Å². The van der Waals surface area contributed by atoms with Gasteiger partial charge in [0.2, 0.25) is 0 Å². The van der Waals surface area contributed by atoms with Crippen LogP contribution in [-0.4, -0.2) is 60.2 Å². The van der Waals surface area contributed by atoms with Crippen LogP contribution < -0.4 is 5.32 Å². The number of nitrogens with zero attached hydrogens (tertiary/aromatic N) is 6. The van der Waals surface area contributed by atoms with E-state index in [-0.39, 0.29) is 23.7 Å². The summed E-state index contributed by atoms with van der Waals surface area (Å²) in [6, 6.07) is 19.5. The van der Waals surface area contributed by atoms with Gasteiger partial charge in [-0.15, -0.1) is 5.10 Å². The lowest BCUT2D eigenvalue weighted by Gasteiger charge is -2.32. The van der Waals surface area contributed by atoms with E-state index >= 15 is 0 Å². The third-order valence-corrected chi connectivity index (χ3v) is 8.27. The highest BCUT2D eigenvalue weighted by molar-refractivity contribution is 6.35. The normalized spacial score (nSPS) is 13.7. The van der Waals surface area contributed by atoms with Gasteiger partial charge in [-0.2, -0.15) is 10.3 Å². The van der Waals surface area contributed by atoms with Crippen LogP contribution in [-0.2, 0) is 6.54 Å². The zero-order chi connectivity index (χ0) is 30.8. The van der Waals surface area contributed by atoms with Gasteiger partial charge in [-0.3, -0.25) is 19.6 Å². The van der Waals surface area contributed by atoms with Gasteiger partial charge in [0, 0.05) is 61.5 Å². The van der Waals surface area contributed by atoms with Crippen molar-refractivity contribution in [1.29, 1.82) is 0 Å². The molecule has 2 N–H and O–H groups in total. The van der Waals surface area contributed by atoms with E-state index in [2.05, 4.69) is 32.0 Å². The largest absolute Gasteiger partial charge is 0.339 e. The number of halogens is 4.